The summed E-state index contributed by atoms with van der Waals surface area (Å²) in [5, 5.41) is 9.36. The molecule has 3 atom stereocenters. The third-order valence-corrected chi connectivity index (χ3v) is 6.59. The molecule has 1 aromatic carbocycles. The highest BCUT2D eigenvalue weighted by atomic mass is 19.4. The zero-order valence-electron chi connectivity index (χ0n) is 18.2. The number of carbonyl (C=O) groups excluding carboxylic acids is 1. The highest BCUT2D eigenvalue weighted by molar-refractivity contribution is 5.78. The number of hydrogen-bond acceptors (Lipinski definition) is 4. The number of nitrogens with two attached hydrogens (primary N) is 1. The number of aromatic nitrogens is 1. The Morgan fingerprint density at radius 1 is 1.24 bits per heavy atom. The molecule has 3 N–H and O–H groups in total. The lowest BCUT2D eigenvalue weighted by Crippen LogP contribution is -2.43. The first-order valence-electron chi connectivity index (χ1n) is 10.5. The van der Waals surface area contributed by atoms with Crippen molar-refractivity contribution in [3.8, 4) is 5.75 Å². The number of aromatic hydroxyl groups is 1. The standard InChI is InChI=1S/C23H26F5N3O2/c1-31(2)15(8-14-9-18(25)19(32)11-17(14)24)10-16(21(29)33)20(13-4-3-7-30-12-13)22(5-6-22)23(26,27)28/h3-4,7,9,11-12,15-16,20,32H,5-6,8,10H2,1-2H3,(H2,29,33)/t15-,16?,20?/m1/s1. The van der Waals surface area contributed by atoms with Crippen LogP contribution in [-0.2, 0) is 11.2 Å². The zero-order chi connectivity index (χ0) is 24.6. The summed E-state index contributed by atoms with van der Waals surface area (Å²) in [4.78, 5) is 18.1. The Hall–Kier alpha value is -2.75. The lowest BCUT2D eigenvalue weighted by atomic mass is 9.71. The summed E-state index contributed by atoms with van der Waals surface area (Å²) in [6.07, 6.45) is -2.29. The van der Waals surface area contributed by atoms with Gasteiger partial charge in [-0.25, -0.2) is 8.78 Å². The van der Waals surface area contributed by atoms with Crippen LogP contribution in [0.1, 0.15) is 36.3 Å². The number of pyridine rings is 1. The lowest BCUT2D eigenvalue weighted by Gasteiger charge is -2.37. The molecule has 0 spiro atoms. The normalized spacial score (nSPS) is 18.1. The number of amides is 1. The van der Waals surface area contributed by atoms with Gasteiger partial charge in [0.15, 0.2) is 11.6 Å². The van der Waals surface area contributed by atoms with Gasteiger partial charge in [-0.05, 0) is 63.0 Å². The quantitative estimate of drug-likeness (QED) is 0.539. The van der Waals surface area contributed by atoms with Crippen molar-refractivity contribution in [2.24, 2.45) is 17.1 Å². The summed E-state index contributed by atoms with van der Waals surface area (Å²) in [6, 6.07) is 3.86. The third-order valence-electron chi connectivity index (χ3n) is 6.59. The van der Waals surface area contributed by atoms with Crippen LogP contribution in [-0.4, -0.2) is 47.2 Å². The van der Waals surface area contributed by atoms with E-state index in [-0.39, 0.29) is 36.8 Å². The Morgan fingerprint density at radius 2 is 1.91 bits per heavy atom. The van der Waals surface area contributed by atoms with E-state index >= 15 is 0 Å². The van der Waals surface area contributed by atoms with Crippen molar-refractivity contribution in [2.45, 2.75) is 43.8 Å². The van der Waals surface area contributed by atoms with E-state index in [0.29, 0.717) is 6.07 Å². The van der Waals surface area contributed by atoms with E-state index in [4.69, 9.17) is 5.73 Å². The monoisotopic (exact) mass is 471 g/mol. The second-order valence-corrected chi connectivity index (χ2v) is 8.88. The van der Waals surface area contributed by atoms with Crippen molar-refractivity contribution in [3.63, 3.8) is 0 Å². The molecule has 2 aromatic rings. The Bertz CT molecular complexity index is 994. The molecule has 33 heavy (non-hydrogen) atoms. The molecule has 10 heteroatoms. The molecule has 0 bridgehead atoms. The average molecular weight is 471 g/mol. The number of hydrogen-bond donors (Lipinski definition) is 2. The fourth-order valence-corrected chi connectivity index (χ4v) is 4.58. The fraction of sp³-hybridized carbons (Fsp3) is 0.478. The molecule has 1 saturated carbocycles. The number of likely N-dealkylation sites (N-methyl/N-ethyl adjacent to an activating group) is 1. The van der Waals surface area contributed by atoms with Gasteiger partial charge in [-0.1, -0.05) is 6.07 Å². The lowest BCUT2D eigenvalue weighted by molar-refractivity contribution is -0.198. The summed E-state index contributed by atoms with van der Waals surface area (Å²) < 4.78 is 70.6. The summed E-state index contributed by atoms with van der Waals surface area (Å²) in [6.45, 7) is 0. The Labute approximate surface area is 188 Å². The molecule has 2 unspecified atom stereocenters. The zero-order valence-corrected chi connectivity index (χ0v) is 18.2. The number of alkyl halides is 3. The van der Waals surface area contributed by atoms with E-state index in [2.05, 4.69) is 4.98 Å². The minimum absolute atomic E-state index is 0.0675. The molecule has 0 radical (unpaired) electrons. The number of phenols is 1. The van der Waals surface area contributed by atoms with E-state index in [9.17, 15) is 31.9 Å². The molecule has 3 rings (SSSR count). The molecule has 0 aliphatic heterocycles. The van der Waals surface area contributed by atoms with Gasteiger partial charge in [0.1, 0.15) is 5.82 Å². The molecular weight excluding hydrogens is 445 g/mol. The van der Waals surface area contributed by atoms with Crippen molar-refractivity contribution in [3.05, 3.63) is 59.4 Å². The molecule has 1 heterocycles. The Morgan fingerprint density at radius 3 is 2.39 bits per heavy atom. The topological polar surface area (TPSA) is 79.5 Å². The summed E-state index contributed by atoms with van der Waals surface area (Å²) in [5.41, 5.74) is 3.74. The molecule has 1 amide bonds. The van der Waals surface area contributed by atoms with E-state index < -0.39 is 52.8 Å². The maximum atomic E-state index is 14.3. The third kappa shape index (κ3) is 5.10. The van der Waals surface area contributed by atoms with Gasteiger partial charge < -0.3 is 15.7 Å². The minimum atomic E-state index is -4.55. The van der Waals surface area contributed by atoms with Gasteiger partial charge in [0.05, 0.1) is 5.41 Å². The molecule has 1 aromatic heterocycles. The number of rotatable bonds is 9. The van der Waals surface area contributed by atoms with E-state index in [1.54, 1.807) is 19.0 Å². The SMILES string of the molecule is CN(C)[C@H](Cc1cc(F)c(O)cc1F)CC(C(N)=O)C(c1cccnc1)C1(C(F)(F)F)CC1. The van der Waals surface area contributed by atoms with E-state index in [0.717, 1.165) is 6.07 Å². The largest absolute Gasteiger partial charge is 0.505 e. The van der Waals surface area contributed by atoms with Gasteiger partial charge in [0.2, 0.25) is 5.91 Å². The van der Waals surface area contributed by atoms with Gasteiger partial charge in [-0.15, -0.1) is 0 Å². The summed E-state index contributed by atoms with van der Waals surface area (Å²) in [7, 11) is 3.26. The molecule has 1 aliphatic rings. The fourth-order valence-electron chi connectivity index (χ4n) is 4.58. The predicted molar refractivity (Wildman–Crippen MR) is 111 cm³/mol. The number of halogens is 5. The van der Waals surface area contributed by atoms with Crippen LogP contribution < -0.4 is 5.73 Å². The Balaban J connectivity index is 2.00. The number of phenolic OH excluding ortho intramolecular Hbond substituents is 1. The summed E-state index contributed by atoms with van der Waals surface area (Å²) >= 11 is 0. The van der Waals surface area contributed by atoms with Crippen LogP contribution in [0.15, 0.2) is 36.7 Å². The molecule has 0 saturated heterocycles. The van der Waals surface area contributed by atoms with Crippen LogP contribution in [0.25, 0.3) is 0 Å². The van der Waals surface area contributed by atoms with Gasteiger partial charge in [-0.3, -0.25) is 9.78 Å². The number of primary amides is 1. The Kier molecular flexibility index (Phi) is 6.97. The van der Waals surface area contributed by atoms with Crippen LogP contribution in [0.2, 0.25) is 0 Å². The van der Waals surface area contributed by atoms with Crippen molar-refractivity contribution >= 4 is 5.91 Å². The van der Waals surface area contributed by atoms with E-state index in [1.165, 1.54) is 24.5 Å². The molecular formula is C23H26F5N3O2. The highest BCUT2D eigenvalue weighted by Crippen LogP contribution is 2.67. The van der Waals surface area contributed by atoms with E-state index in [1.807, 2.05) is 0 Å². The van der Waals surface area contributed by atoms with Crippen LogP contribution >= 0.6 is 0 Å². The van der Waals surface area contributed by atoms with Crippen LogP contribution in [0.3, 0.4) is 0 Å². The van der Waals surface area contributed by atoms with Gasteiger partial charge in [0.25, 0.3) is 0 Å². The molecule has 1 fully saturated rings. The maximum Gasteiger partial charge on any atom is 0.395 e. The van der Waals surface area contributed by atoms with Crippen LogP contribution in [0.4, 0.5) is 22.0 Å². The predicted octanol–water partition coefficient (Wildman–Crippen LogP) is 4.16. The number of benzene rings is 1. The van der Waals surface area contributed by atoms with Gasteiger partial charge in [-0.2, -0.15) is 13.2 Å². The van der Waals surface area contributed by atoms with Crippen molar-refractivity contribution < 1.29 is 31.9 Å². The smallest absolute Gasteiger partial charge is 0.395 e. The van der Waals surface area contributed by atoms with Crippen molar-refractivity contribution in [1.29, 1.82) is 0 Å². The highest BCUT2D eigenvalue weighted by Gasteiger charge is 2.69. The van der Waals surface area contributed by atoms with Gasteiger partial charge >= 0.3 is 6.18 Å². The molecule has 180 valence electrons. The first kappa shape index (κ1) is 24.9. The van der Waals surface area contributed by atoms with Crippen LogP contribution in [0, 0.1) is 23.0 Å². The van der Waals surface area contributed by atoms with Gasteiger partial charge in [0, 0.05) is 36.3 Å². The van der Waals surface area contributed by atoms with Crippen molar-refractivity contribution in [2.75, 3.05) is 14.1 Å². The average Bonchev–Trinajstić information content (AvgIpc) is 3.53. The maximum absolute atomic E-state index is 14.3. The second-order valence-electron chi connectivity index (χ2n) is 8.88. The second kappa shape index (κ2) is 9.24. The van der Waals surface area contributed by atoms with Crippen molar-refractivity contribution in [1.82, 2.24) is 9.88 Å². The number of nitrogens with zero attached hydrogens (tertiary/aromatic N) is 2. The molecule has 1 aliphatic carbocycles. The van der Waals surface area contributed by atoms with Crippen LogP contribution in [0.5, 0.6) is 5.75 Å². The first-order valence-corrected chi connectivity index (χ1v) is 10.5. The minimum Gasteiger partial charge on any atom is -0.505 e. The molecule has 5 nitrogen and oxygen atoms in total. The number of carbonyl (C=O) groups is 1. The summed E-state index contributed by atoms with van der Waals surface area (Å²) in [5.74, 6) is -6.09. The first-order chi connectivity index (χ1) is 15.4.